The number of nitrogens with one attached hydrogen (secondary N) is 1. The summed E-state index contributed by atoms with van der Waals surface area (Å²) < 4.78 is 38.7. The molecule has 1 saturated carbocycles. The van der Waals surface area contributed by atoms with Gasteiger partial charge in [-0.25, -0.2) is 13.2 Å². The third-order valence-corrected chi connectivity index (χ3v) is 10.4. The first-order chi connectivity index (χ1) is 19.8. The van der Waals surface area contributed by atoms with Crippen LogP contribution in [0, 0.1) is 0 Å². The Balaban J connectivity index is 1.29. The molecule has 3 aromatic carbocycles. The van der Waals surface area contributed by atoms with Gasteiger partial charge in [0.25, 0.3) is 5.91 Å². The second-order valence-corrected chi connectivity index (χ2v) is 12.5. The Hall–Kier alpha value is -4.44. The van der Waals surface area contributed by atoms with Gasteiger partial charge in [-0.1, -0.05) is 72.8 Å². The lowest BCUT2D eigenvalue weighted by molar-refractivity contribution is -0.154. The number of carbonyl (C=O) groups is 3. The number of esters is 1. The highest BCUT2D eigenvalue weighted by molar-refractivity contribution is 7.93. The summed E-state index contributed by atoms with van der Waals surface area (Å²) in [6, 6.07) is 23.9. The molecule has 0 unspecified atom stereocenters. The molecule has 2 aliphatic heterocycles. The van der Waals surface area contributed by atoms with E-state index < -0.39 is 44.3 Å². The molecule has 0 bridgehead atoms. The second kappa shape index (κ2) is 10.5. The predicted molar refractivity (Wildman–Crippen MR) is 149 cm³/mol. The molecule has 3 aromatic rings. The summed E-state index contributed by atoms with van der Waals surface area (Å²) in [7, 11) is -2.44. The van der Waals surface area contributed by atoms with E-state index in [4.69, 9.17) is 9.47 Å². The van der Waals surface area contributed by atoms with Crippen molar-refractivity contribution < 1.29 is 32.3 Å². The first-order valence-electron chi connectivity index (χ1n) is 13.3. The molecule has 0 spiro atoms. The maximum Gasteiger partial charge on any atom is 0.355 e. The Morgan fingerprint density at radius 1 is 0.927 bits per heavy atom. The zero-order valence-corrected chi connectivity index (χ0v) is 23.0. The number of hydrogen-bond acceptors (Lipinski definition) is 7. The zero-order chi connectivity index (χ0) is 28.7. The van der Waals surface area contributed by atoms with Gasteiger partial charge in [0.15, 0.2) is 15.2 Å². The van der Waals surface area contributed by atoms with Gasteiger partial charge in [-0.05, 0) is 40.8 Å². The van der Waals surface area contributed by atoms with Crippen molar-refractivity contribution in [3.05, 3.63) is 113 Å². The third-order valence-electron chi connectivity index (χ3n) is 7.90. The van der Waals surface area contributed by atoms with Crippen molar-refractivity contribution in [2.45, 2.75) is 42.0 Å². The Morgan fingerprint density at radius 2 is 1.59 bits per heavy atom. The second-order valence-electron chi connectivity index (χ2n) is 10.3. The number of hydrogen-bond donors (Lipinski definition) is 1. The van der Waals surface area contributed by atoms with E-state index in [2.05, 4.69) is 5.32 Å². The van der Waals surface area contributed by atoms with Gasteiger partial charge in [-0.15, -0.1) is 0 Å². The Labute approximate surface area is 237 Å². The summed E-state index contributed by atoms with van der Waals surface area (Å²) in [6.07, 6.45) is 0.299. The summed E-state index contributed by atoms with van der Waals surface area (Å²) in [6.45, 7) is -0.0664. The van der Waals surface area contributed by atoms with Crippen molar-refractivity contribution in [3.8, 4) is 5.75 Å². The van der Waals surface area contributed by atoms with Crippen LogP contribution < -0.4 is 10.1 Å². The van der Waals surface area contributed by atoms with Gasteiger partial charge in [-0.3, -0.25) is 14.5 Å². The van der Waals surface area contributed by atoms with Crippen LogP contribution in [-0.4, -0.2) is 54.9 Å². The van der Waals surface area contributed by atoms with Crippen molar-refractivity contribution >= 4 is 27.6 Å². The number of methoxy groups -OCH3 is 1. The molecule has 10 heteroatoms. The van der Waals surface area contributed by atoms with Gasteiger partial charge in [0, 0.05) is 5.92 Å². The fourth-order valence-electron chi connectivity index (χ4n) is 5.84. The van der Waals surface area contributed by atoms with E-state index in [0.717, 1.165) is 16.0 Å². The summed E-state index contributed by atoms with van der Waals surface area (Å²) in [5.74, 6) is -1.61. The molecule has 4 atom stereocenters. The lowest BCUT2D eigenvalue weighted by atomic mass is 9.73. The number of carbonyl (C=O) groups excluding carboxylic acids is 3. The number of β-lactam (4-membered cyclic amide) rings is 1. The summed E-state index contributed by atoms with van der Waals surface area (Å²) in [5, 5.41) is 0.236. The van der Waals surface area contributed by atoms with Crippen molar-refractivity contribution in [1.29, 1.82) is 0 Å². The van der Waals surface area contributed by atoms with Gasteiger partial charge in [0.1, 0.15) is 24.1 Å². The van der Waals surface area contributed by atoms with Crippen LogP contribution in [-0.2, 0) is 42.0 Å². The summed E-state index contributed by atoms with van der Waals surface area (Å²) in [4.78, 5) is 40.6. The van der Waals surface area contributed by atoms with E-state index in [1.54, 1.807) is 55.6 Å². The van der Waals surface area contributed by atoms with Crippen LogP contribution in [0.4, 0.5) is 0 Å². The molecule has 0 aromatic heterocycles. The highest BCUT2D eigenvalue weighted by Gasteiger charge is 2.67. The minimum Gasteiger partial charge on any atom is -0.497 e. The van der Waals surface area contributed by atoms with E-state index in [0.29, 0.717) is 23.3 Å². The number of nitrogens with zero attached hydrogens (tertiary/aromatic N) is 1. The monoisotopic (exact) mass is 572 g/mol. The first-order valence-corrected chi connectivity index (χ1v) is 14.9. The fourth-order valence-corrected chi connectivity index (χ4v) is 8.53. The molecule has 2 amide bonds. The van der Waals surface area contributed by atoms with Gasteiger partial charge in [-0.2, -0.15) is 0 Å². The topological polar surface area (TPSA) is 119 Å². The number of benzene rings is 3. The van der Waals surface area contributed by atoms with Crippen LogP contribution >= 0.6 is 0 Å². The standard InChI is InChI=1S/C31H28N2O7S/c1-39-22-14-12-20(13-15-22)18-40-31(36)27-24-17-23(21-10-6-3-7-11-21)28(24)41(37,38)30-26(29(35)33(27)30)32-25(34)16-19-8-4-2-5-9-19/h2-15,23,26,28,30H,16-18H2,1H3,(H,32,34)/t23-,26-,28+,30-/m1/s1. The third kappa shape index (κ3) is 4.67. The van der Waals surface area contributed by atoms with Crippen molar-refractivity contribution in [3.63, 3.8) is 0 Å². The molecule has 41 heavy (non-hydrogen) atoms. The van der Waals surface area contributed by atoms with Crippen molar-refractivity contribution in [2.75, 3.05) is 7.11 Å². The average Bonchev–Trinajstić information content (AvgIpc) is 2.96. The van der Waals surface area contributed by atoms with Gasteiger partial charge >= 0.3 is 5.97 Å². The summed E-state index contributed by atoms with van der Waals surface area (Å²) >= 11 is 0. The summed E-state index contributed by atoms with van der Waals surface area (Å²) in [5.41, 5.74) is 2.61. The molecule has 1 N–H and O–H groups in total. The smallest absolute Gasteiger partial charge is 0.355 e. The average molecular weight is 573 g/mol. The molecule has 2 fully saturated rings. The molecule has 3 aliphatic rings. The first kappa shape index (κ1) is 26.8. The van der Waals surface area contributed by atoms with Crippen LogP contribution in [0.5, 0.6) is 5.75 Å². The maximum absolute atomic E-state index is 14.0. The predicted octanol–water partition coefficient (Wildman–Crippen LogP) is 2.87. The minimum atomic E-state index is -3.99. The quantitative estimate of drug-likeness (QED) is 0.326. The minimum absolute atomic E-state index is 0.00863. The van der Waals surface area contributed by atoms with Gasteiger partial charge in [0.05, 0.1) is 18.8 Å². The molecule has 0 radical (unpaired) electrons. The van der Waals surface area contributed by atoms with Crippen molar-refractivity contribution in [2.24, 2.45) is 0 Å². The van der Waals surface area contributed by atoms with E-state index >= 15 is 0 Å². The zero-order valence-electron chi connectivity index (χ0n) is 22.2. The maximum atomic E-state index is 14.0. The Morgan fingerprint density at radius 3 is 2.24 bits per heavy atom. The van der Waals surface area contributed by atoms with E-state index in [-0.39, 0.29) is 24.6 Å². The Bertz CT molecular complexity index is 1640. The molecular weight excluding hydrogens is 544 g/mol. The van der Waals surface area contributed by atoms with Crippen LogP contribution in [0.1, 0.15) is 29.0 Å². The number of ether oxygens (including phenoxy) is 2. The molecule has 1 saturated heterocycles. The van der Waals surface area contributed by atoms with E-state index in [1.807, 2.05) is 36.4 Å². The number of amides is 2. The number of fused-ring (bicyclic) bond motifs is 2. The van der Waals surface area contributed by atoms with Crippen molar-refractivity contribution in [1.82, 2.24) is 10.2 Å². The molecule has 6 rings (SSSR count). The molecule has 1 aliphatic carbocycles. The number of rotatable bonds is 8. The SMILES string of the molecule is COc1ccc(COC(=O)C2=C3C[C@H](c4ccccc4)[C@@H]3S(=O)(=O)[C@@H]3[C@H](NC(=O)Cc4ccccc4)C(=O)N23)cc1. The van der Waals surface area contributed by atoms with Crippen LogP contribution in [0.2, 0.25) is 0 Å². The Kier molecular flexibility index (Phi) is 6.86. The van der Waals surface area contributed by atoms with E-state index in [9.17, 15) is 22.8 Å². The molecular formula is C31H28N2O7S. The molecule has 2 heterocycles. The van der Waals surface area contributed by atoms with Gasteiger partial charge in [0.2, 0.25) is 5.91 Å². The normalized spacial score (nSPS) is 23.8. The van der Waals surface area contributed by atoms with Crippen LogP contribution in [0.15, 0.2) is 96.2 Å². The largest absolute Gasteiger partial charge is 0.497 e. The lowest BCUT2D eigenvalue weighted by Gasteiger charge is -2.55. The van der Waals surface area contributed by atoms with Gasteiger partial charge < -0.3 is 14.8 Å². The lowest BCUT2D eigenvalue weighted by Crippen LogP contribution is -2.77. The highest BCUT2D eigenvalue weighted by atomic mass is 32.2. The van der Waals surface area contributed by atoms with E-state index in [1.165, 1.54) is 0 Å². The number of sulfone groups is 1. The van der Waals surface area contributed by atoms with Crippen LogP contribution in [0.25, 0.3) is 0 Å². The molecule has 210 valence electrons. The molecule has 9 nitrogen and oxygen atoms in total. The highest BCUT2D eigenvalue weighted by Crippen LogP contribution is 2.54. The van der Waals surface area contributed by atoms with Crippen LogP contribution in [0.3, 0.4) is 0 Å². The fraction of sp³-hybridized carbons (Fsp3) is 0.258.